The molecule has 0 saturated heterocycles. The van der Waals surface area contributed by atoms with Crippen molar-refractivity contribution in [3.63, 3.8) is 0 Å². The molecule has 0 heterocycles. The van der Waals surface area contributed by atoms with Gasteiger partial charge in [0.05, 0.1) is 12.2 Å². The summed E-state index contributed by atoms with van der Waals surface area (Å²) in [7, 11) is 0. The fourth-order valence-corrected chi connectivity index (χ4v) is 3.50. The lowest BCUT2D eigenvalue weighted by Crippen LogP contribution is -2.34. The molecule has 0 aromatic heterocycles. The van der Waals surface area contributed by atoms with Gasteiger partial charge in [-0.2, -0.15) is 0 Å². The molecular formula is C25H24BrN3O3S. The molecule has 170 valence electrons. The normalized spacial score (nSPS) is 10.2. The van der Waals surface area contributed by atoms with E-state index in [-0.39, 0.29) is 16.9 Å². The van der Waals surface area contributed by atoms with Gasteiger partial charge >= 0.3 is 0 Å². The van der Waals surface area contributed by atoms with Crippen LogP contribution in [0.4, 0.5) is 11.4 Å². The van der Waals surface area contributed by atoms with E-state index in [0.29, 0.717) is 34.9 Å². The van der Waals surface area contributed by atoms with Crippen LogP contribution >= 0.6 is 28.1 Å². The maximum Gasteiger partial charge on any atom is 0.261 e. The van der Waals surface area contributed by atoms with Crippen LogP contribution in [0.2, 0.25) is 0 Å². The Bertz CT molecular complexity index is 1140. The summed E-state index contributed by atoms with van der Waals surface area (Å²) in [5, 5.41) is 8.64. The predicted octanol–water partition coefficient (Wildman–Crippen LogP) is 6.01. The average molecular weight is 526 g/mol. The fraction of sp³-hybridized carbons (Fsp3) is 0.160. The van der Waals surface area contributed by atoms with E-state index in [1.165, 1.54) is 0 Å². The van der Waals surface area contributed by atoms with Gasteiger partial charge in [-0.25, -0.2) is 0 Å². The first-order chi connectivity index (χ1) is 16.0. The molecule has 0 radical (unpaired) electrons. The number of amides is 2. The summed E-state index contributed by atoms with van der Waals surface area (Å²) in [6.07, 6.45) is 1.89. The Hall–Kier alpha value is -3.23. The second kappa shape index (κ2) is 12.1. The summed E-state index contributed by atoms with van der Waals surface area (Å²) in [6, 6.07) is 21.3. The molecule has 6 nitrogen and oxygen atoms in total. The molecule has 3 aromatic rings. The van der Waals surface area contributed by atoms with Crippen LogP contribution in [-0.4, -0.2) is 23.5 Å². The molecule has 0 aliphatic carbocycles. The van der Waals surface area contributed by atoms with E-state index in [0.717, 1.165) is 17.3 Å². The highest BCUT2D eigenvalue weighted by Gasteiger charge is 2.15. The first kappa shape index (κ1) is 24.4. The minimum atomic E-state index is -0.381. The Morgan fingerprint density at radius 1 is 0.909 bits per heavy atom. The van der Waals surface area contributed by atoms with Crippen molar-refractivity contribution in [1.29, 1.82) is 0 Å². The molecule has 0 spiro atoms. The van der Waals surface area contributed by atoms with E-state index in [2.05, 4.69) is 38.8 Å². The number of thiocarbonyl (C=S) groups is 1. The zero-order valence-electron chi connectivity index (χ0n) is 18.1. The molecule has 0 atom stereocenters. The number of carbonyl (C=O) groups is 2. The summed E-state index contributed by atoms with van der Waals surface area (Å²) < 4.78 is 6.52. The molecule has 33 heavy (non-hydrogen) atoms. The van der Waals surface area contributed by atoms with Crippen LogP contribution in [-0.2, 0) is 0 Å². The van der Waals surface area contributed by atoms with Crippen molar-refractivity contribution in [2.45, 2.75) is 19.8 Å². The van der Waals surface area contributed by atoms with Gasteiger partial charge in [0.2, 0.25) is 0 Å². The van der Waals surface area contributed by atoms with Crippen molar-refractivity contribution in [2.24, 2.45) is 0 Å². The lowest BCUT2D eigenvalue weighted by molar-refractivity contribution is 0.0972. The van der Waals surface area contributed by atoms with Crippen LogP contribution in [0.3, 0.4) is 0 Å². The molecule has 0 fully saturated rings. The lowest BCUT2D eigenvalue weighted by atomic mass is 10.2. The smallest absolute Gasteiger partial charge is 0.261 e. The standard InChI is InChI=1S/C25H24BrN3O3S/c1-2-3-14-32-22-13-12-18(26)15-21(22)24(31)29-25(33)28-20-11-7-10-19(16-20)27-23(30)17-8-5-4-6-9-17/h4-13,15-16H,2-3,14H2,1H3,(H,27,30)(H2,28,29,31,33). The van der Waals surface area contributed by atoms with E-state index in [4.69, 9.17) is 17.0 Å². The van der Waals surface area contributed by atoms with Crippen molar-refractivity contribution in [3.8, 4) is 5.75 Å². The molecule has 0 bridgehead atoms. The van der Waals surface area contributed by atoms with Gasteiger partial charge in [0.1, 0.15) is 5.75 Å². The minimum Gasteiger partial charge on any atom is -0.493 e. The summed E-state index contributed by atoms with van der Waals surface area (Å²) in [5.74, 6) is -0.0970. The van der Waals surface area contributed by atoms with Crippen molar-refractivity contribution in [2.75, 3.05) is 17.2 Å². The Kier molecular flexibility index (Phi) is 8.97. The van der Waals surface area contributed by atoms with Gasteiger partial charge in [0.25, 0.3) is 11.8 Å². The first-order valence-electron chi connectivity index (χ1n) is 10.5. The zero-order chi connectivity index (χ0) is 23.6. The van der Waals surface area contributed by atoms with Crippen LogP contribution < -0.4 is 20.7 Å². The molecule has 0 aliphatic rings. The Balaban J connectivity index is 1.63. The van der Waals surface area contributed by atoms with Crippen LogP contribution in [0.25, 0.3) is 0 Å². The van der Waals surface area contributed by atoms with E-state index >= 15 is 0 Å². The lowest BCUT2D eigenvalue weighted by Gasteiger charge is -2.14. The number of nitrogens with one attached hydrogen (secondary N) is 3. The van der Waals surface area contributed by atoms with Gasteiger partial charge in [-0.05, 0) is 67.2 Å². The SMILES string of the molecule is CCCCOc1ccc(Br)cc1C(=O)NC(=S)Nc1cccc(NC(=O)c2ccccc2)c1. The van der Waals surface area contributed by atoms with E-state index in [1.807, 2.05) is 12.1 Å². The van der Waals surface area contributed by atoms with Gasteiger partial charge in [0, 0.05) is 21.4 Å². The summed E-state index contributed by atoms with van der Waals surface area (Å²) in [4.78, 5) is 25.2. The highest BCUT2D eigenvalue weighted by molar-refractivity contribution is 9.10. The Morgan fingerprint density at radius 2 is 1.64 bits per heavy atom. The van der Waals surface area contributed by atoms with Crippen LogP contribution in [0.15, 0.2) is 77.3 Å². The van der Waals surface area contributed by atoms with Crippen LogP contribution in [0, 0.1) is 0 Å². The molecule has 0 saturated carbocycles. The third-order valence-corrected chi connectivity index (χ3v) is 5.28. The molecule has 2 amide bonds. The van der Waals surface area contributed by atoms with E-state index < -0.39 is 0 Å². The third kappa shape index (κ3) is 7.40. The Labute approximate surface area is 206 Å². The molecule has 3 aromatic carbocycles. The van der Waals surface area contributed by atoms with Gasteiger partial charge in [0.15, 0.2) is 5.11 Å². The van der Waals surface area contributed by atoms with Crippen molar-refractivity contribution in [1.82, 2.24) is 5.32 Å². The minimum absolute atomic E-state index is 0.131. The second-order valence-electron chi connectivity index (χ2n) is 7.15. The number of ether oxygens (including phenoxy) is 1. The fourth-order valence-electron chi connectivity index (χ4n) is 2.93. The number of halogens is 1. The van der Waals surface area contributed by atoms with Crippen LogP contribution in [0.5, 0.6) is 5.75 Å². The largest absolute Gasteiger partial charge is 0.493 e. The summed E-state index contributed by atoms with van der Waals surface area (Å²) in [5.41, 5.74) is 2.17. The number of anilines is 2. The Morgan fingerprint density at radius 3 is 2.36 bits per heavy atom. The number of carbonyl (C=O) groups excluding carboxylic acids is 2. The predicted molar refractivity (Wildman–Crippen MR) is 139 cm³/mol. The summed E-state index contributed by atoms with van der Waals surface area (Å²) >= 11 is 8.71. The van der Waals surface area contributed by atoms with Gasteiger partial charge in [-0.15, -0.1) is 0 Å². The number of hydrogen-bond acceptors (Lipinski definition) is 4. The maximum absolute atomic E-state index is 12.8. The van der Waals surface area contributed by atoms with Crippen molar-refractivity contribution >= 4 is 56.4 Å². The molecule has 3 N–H and O–H groups in total. The summed E-state index contributed by atoms with van der Waals surface area (Å²) in [6.45, 7) is 2.60. The number of unbranched alkanes of at least 4 members (excludes halogenated alkanes) is 1. The van der Waals surface area contributed by atoms with Crippen molar-refractivity contribution < 1.29 is 14.3 Å². The third-order valence-electron chi connectivity index (χ3n) is 4.58. The highest BCUT2D eigenvalue weighted by atomic mass is 79.9. The molecule has 3 rings (SSSR count). The van der Waals surface area contributed by atoms with Gasteiger partial charge < -0.3 is 15.4 Å². The zero-order valence-corrected chi connectivity index (χ0v) is 20.5. The average Bonchev–Trinajstić information content (AvgIpc) is 2.80. The monoisotopic (exact) mass is 525 g/mol. The maximum atomic E-state index is 12.8. The molecule has 0 aliphatic heterocycles. The highest BCUT2D eigenvalue weighted by Crippen LogP contribution is 2.24. The first-order valence-corrected chi connectivity index (χ1v) is 11.7. The number of benzene rings is 3. The topological polar surface area (TPSA) is 79.5 Å². The van der Waals surface area contributed by atoms with Crippen LogP contribution in [0.1, 0.15) is 40.5 Å². The molecular weight excluding hydrogens is 502 g/mol. The molecule has 0 unspecified atom stereocenters. The van der Waals surface area contributed by atoms with Crippen molar-refractivity contribution in [3.05, 3.63) is 88.4 Å². The molecule has 8 heteroatoms. The quantitative estimate of drug-likeness (QED) is 0.248. The van der Waals surface area contributed by atoms with Gasteiger partial charge in [-0.3, -0.25) is 14.9 Å². The van der Waals surface area contributed by atoms with Gasteiger partial charge in [-0.1, -0.05) is 53.5 Å². The number of rotatable bonds is 8. The van der Waals surface area contributed by atoms with E-state index in [1.54, 1.807) is 60.7 Å². The second-order valence-corrected chi connectivity index (χ2v) is 8.48. The van der Waals surface area contributed by atoms with E-state index in [9.17, 15) is 9.59 Å². The number of hydrogen-bond donors (Lipinski definition) is 3.